The number of hydrogen-bond acceptors (Lipinski definition) is 3. The number of amides is 2. The lowest BCUT2D eigenvalue weighted by atomic mass is 10.0. The summed E-state index contributed by atoms with van der Waals surface area (Å²) in [6, 6.07) is 11.9. The van der Waals surface area contributed by atoms with E-state index in [1.165, 1.54) is 5.56 Å². The van der Waals surface area contributed by atoms with Crippen molar-refractivity contribution in [2.45, 2.75) is 32.6 Å². The summed E-state index contributed by atoms with van der Waals surface area (Å²) >= 11 is 0. The molecule has 1 N–H and O–H groups in total. The van der Waals surface area contributed by atoms with Crippen molar-refractivity contribution < 1.29 is 9.59 Å². The largest absolute Gasteiger partial charge is 0.355 e. The van der Waals surface area contributed by atoms with E-state index in [1.807, 2.05) is 24.3 Å². The molecular formula is C21H25N3O2. The highest BCUT2D eigenvalue weighted by Gasteiger charge is 2.34. The van der Waals surface area contributed by atoms with Gasteiger partial charge in [-0.2, -0.15) is 0 Å². The summed E-state index contributed by atoms with van der Waals surface area (Å²) in [5.74, 6) is 0.121. The van der Waals surface area contributed by atoms with E-state index in [0.717, 1.165) is 17.7 Å². The second-order valence-electron chi connectivity index (χ2n) is 7.05. The Morgan fingerprint density at radius 1 is 1.27 bits per heavy atom. The highest BCUT2D eigenvalue weighted by Crippen LogP contribution is 2.26. The van der Waals surface area contributed by atoms with Crippen molar-refractivity contribution in [3.05, 3.63) is 59.9 Å². The first-order valence-electron chi connectivity index (χ1n) is 9.11. The van der Waals surface area contributed by atoms with Crippen LogP contribution in [0.5, 0.6) is 0 Å². The molecule has 3 rings (SSSR count). The molecule has 1 saturated heterocycles. The lowest BCUT2D eigenvalue weighted by Gasteiger charge is -2.17. The highest BCUT2D eigenvalue weighted by atomic mass is 16.2. The Morgan fingerprint density at radius 3 is 2.69 bits per heavy atom. The van der Waals surface area contributed by atoms with Gasteiger partial charge in [-0.15, -0.1) is 0 Å². The van der Waals surface area contributed by atoms with Crippen LogP contribution in [-0.4, -0.2) is 29.9 Å². The molecule has 0 saturated carbocycles. The van der Waals surface area contributed by atoms with Crippen molar-refractivity contribution in [3.8, 4) is 0 Å². The summed E-state index contributed by atoms with van der Waals surface area (Å²) in [7, 11) is 0. The molecule has 2 aromatic rings. The summed E-state index contributed by atoms with van der Waals surface area (Å²) in [5.41, 5.74) is 3.19. The number of anilines is 1. The number of rotatable bonds is 6. The number of hydrogen-bond donors (Lipinski definition) is 1. The molecule has 1 aliphatic heterocycles. The van der Waals surface area contributed by atoms with Crippen LogP contribution >= 0.6 is 0 Å². The van der Waals surface area contributed by atoms with E-state index in [0.29, 0.717) is 19.0 Å². The van der Waals surface area contributed by atoms with Gasteiger partial charge in [0.1, 0.15) is 0 Å². The Morgan fingerprint density at radius 2 is 2.04 bits per heavy atom. The third kappa shape index (κ3) is 4.28. The van der Waals surface area contributed by atoms with Crippen LogP contribution in [0.2, 0.25) is 0 Å². The minimum absolute atomic E-state index is 0.00899. The fourth-order valence-corrected chi connectivity index (χ4v) is 3.19. The number of aromatic nitrogens is 1. The van der Waals surface area contributed by atoms with Gasteiger partial charge in [-0.1, -0.05) is 32.0 Å². The number of pyridine rings is 1. The number of carbonyl (C=O) groups excluding carboxylic acids is 2. The standard InChI is InChI=1S/C21H25N3O2/c1-15(2)17-5-7-19(8-6-17)24-14-18(12-20(24)25)21(26)23-11-9-16-4-3-10-22-13-16/h3-8,10,13,15,18H,9,11-12,14H2,1-2H3,(H,23,26)/t18-/m0/s1. The molecule has 5 heteroatoms. The van der Waals surface area contributed by atoms with Gasteiger partial charge >= 0.3 is 0 Å². The molecule has 1 fully saturated rings. The van der Waals surface area contributed by atoms with Gasteiger partial charge in [0.2, 0.25) is 11.8 Å². The maximum Gasteiger partial charge on any atom is 0.227 e. The molecule has 0 radical (unpaired) electrons. The molecule has 1 aromatic carbocycles. The Balaban J connectivity index is 1.54. The van der Waals surface area contributed by atoms with Gasteiger partial charge in [0.15, 0.2) is 0 Å². The van der Waals surface area contributed by atoms with Crippen LogP contribution in [0.3, 0.4) is 0 Å². The van der Waals surface area contributed by atoms with Crippen molar-refractivity contribution in [1.29, 1.82) is 0 Å². The second-order valence-corrected chi connectivity index (χ2v) is 7.05. The van der Waals surface area contributed by atoms with Gasteiger partial charge in [0.25, 0.3) is 0 Å². The molecule has 26 heavy (non-hydrogen) atoms. The fraction of sp³-hybridized carbons (Fsp3) is 0.381. The van der Waals surface area contributed by atoms with Crippen molar-refractivity contribution in [2.75, 3.05) is 18.0 Å². The van der Waals surface area contributed by atoms with E-state index in [4.69, 9.17) is 0 Å². The topological polar surface area (TPSA) is 62.3 Å². The monoisotopic (exact) mass is 351 g/mol. The van der Waals surface area contributed by atoms with Crippen LogP contribution in [0.1, 0.15) is 37.3 Å². The van der Waals surface area contributed by atoms with Crippen LogP contribution < -0.4 is 10.2 Å². The van der Waals surface area contributed by atoms with Gasteiger partial charge in [0.05, 0.1) is 5.92 Å². The minimum Gasteiger partial charge on any atom is -0.355 e. The predicted molar refractivity (Wildman–Crippen MR) is 102 cm³/mol. The quantitative estimate of drug-likeness (QED) is 0.870. The Kier molecular flexibility index (Phi) is 5.66. The van der Waals surface area contributed by atoms with Gasteiger partial charge in [-0.05, 0) is 41.7 Å². The molecule has 1 atom stereocenters. The van der Waals surface area contributed by atoms with Gasteiger partial charge in [-0.25, -0.2) is 0 Å². The average Bonchev–Trinajstić information content (AvgIpc) is 3.04. The summed E-state index contributed by atoms with van der Waals surface area (Å²) in [4.78, 5) is 30.5. The second kappa shape index (κ2) is 8.13. The molecule has 1 aromatic heterocycles. The predicted octanol–water partition coefficient (Wildman–Crippen LogP) is 2.92. The molecule has 0 unspecified atom stereocenters. The maximum atomic E-state index is 12.4. The first kappa shape index (κ1) is 18.1. The summed E-state index contributed by atoms with van der Waals surface area (Å²) in [6.07, 6.45) is 4.54. The smallest absolute Gasteiger partial charge is 0.227 e. The van der Waals surface area contributed by atoms with Crippen LogP contribution in [0.15, 0.2) is 48.8 Å². The molecule has 0 bridgehead atoms. The molecular weight excluding hydrogens is 326 g/mol. The Bertz CT molecular complexity index is 757. The average molecular weight is 351 g/mol. The molecule has 0 aliphatic carbocycles. The summed E-state index contributed by atoms with van der Waals surface area (Å²) < 4.78 is 0. The minimum atomic E-state index is -0.291. The van der Waals surface area contributed by atoms with Crippen molar-refractivity contribution >= 4 is 17.5 Å². The normalized spacial score (nSPS) is 17.0. The van der Waals surface area contributed by atoms with Crippen LogP contribution in [0.25, 0.3) is 0 Å². The fourth-order valence-electron chi connectivity index (χ4n) is 3.19. The van der Waals surface area contributed by atoms with Crippen molar-refractivity contribution in [1.82, 2.24) is 10.3 Å². The summed E-state index contributed by atoms with van der Waals surface area (Å²) in [6.45, 7) is 5.28. The SMILES string of the molecule is CC(C)c1ccc(N2C[C@@H](C(=O)NCCc3cccnc3)CC2=O)cc1. The molecule has 1 aliphatic rings. The molecule has 2 heterocycles. The molecule has 5 nitrogen and oxygen atoms in total. The number of carbonyl (C=O) groups is 2. The summed E-state index contributed by atoms with van der Waals surface area (Å²) in [5, 5.41) is 2.94. The molecule has 0 spiro atoms. The van der Waals surface area contributed by atoms with Gasteiger partial charge in [0, 0.05) is 37.6 Å². The Labute approximate surface area is 154 Å². The highest BCUT2D eigenvalue weighted by molar-refractivity contribution is 6.00. The zero-order chi connectivity index (χ0) is 18.5. The zero-order valence-electron chi connectivity index (χ0n) is 15.3. The van der Waals surface area contributed by atoms with Crippen LogP contribution in [0.4, 0.5) is 5.69 Å². The van der Waals surface area contributed by atoms with E-state index >= 15 is 0 Å². The number of benzene rings is 1. The van der Waals surface area contributed by atoms with E-state index in [9.17, 15) is 9.59 Å². The van der Waals surface area contributed by atoms with E-state index < -0.39 is 0 Å². The molecule has 136 valence electrons. The van der Waals surface area contributed by atoms with Gasteiger partial charge < -0.3 is 10.2 Å². The lowest BCUT2D eigenvalue weighted by molar-refractivity contribution is -0.126. The zero-order valence-corrected chi connectivity index (χ0v) is 15.3. The maximum absolute atomic E-state index is 12.4. The van der Waals surface area contributed by atoms with E-state index in [-0.39, 0.29) is 24.2 Å². The van der Waals surface area contributed by atoms with Crippen LogP contribution in [0, 0.1) is 5.92 Å². The first-order chi connectivity index (χ1) is 12.5. The van der Waals surface area contributed by atoms with Crippen molar-refractivity contribution in [2.24, 2.45) is 5.92 Å². The first-order valence-corrected chi connectivity index (χ1v) is 9.11. The lowest BCUT2D eigenvalue weighted by Crippen LogP contribution is -2.34. The van der Waals surface area contributed by atoms with E-state index in [1.54, 1.807) is 17.3 Å². The van der Waals surface area contributed by atoms with Gasteiger partial charge in [-0.3, -0.25) is 14.6 Å². The molecule has 2 amide bonds. The Hall–Kier alpha value is -2.69. The third-order valence-electron chi connectivity index (χ3n) is 4.80. The van der Waals surface area contributed by atoms with E-state index in [2.05, 4.69) is 36.3 Å². The van der Waals surface area contributed by atoms with Crippen LogP contribution in [-0.2, 0) is 16.0 Å². The third-order valence-corrected chi connectivity index (χ3v) is 4.80. The van der Waals surface area contributed by atoms with Crippen molar-refractivity contribution in [3.63, 3.8) is 0 Å². The number of nitrogens with zero attached hydrogens (tertiary/aromatic N) is 2. The number of nitrogens with one attached hydrogen (secondary N) is 1.